The zero-order valence-corrected chi connectivity index (χ0v) is 30.0. The number of rotatable bonds is 4. The first-order valence-corrected chi connectivity index (χ1v) is 18.5. The van der Waals surface area contributed by atoms with Crippen LogP contribution in [0.15, 0.2) is 170 Å². The lowest BCUT2D eigenvalue weighted by molar-refractivity contribution is 0.661. The van der Waals surface area contributed by atoms with Gasteiger partial charge >= 0.3 is 0 Å². The van der Waals surface area contributed by atoms with Gasteiger partial charge in [-0.3, -0.25) is 0 Å². The third kappa shape index (κ3) is 4.60. The summed E-state index contributed by atoms with van der Waals surface area (Å²) in [6.07, 6.45) is 0. The Labute approximate surface area is 313 Å². The van der Waals surface area contributed by atoms with E-state index in [1.807, 2.05) is 28.8 Å². The van der Waals surface area contributed by atoms with Crippen molar-refractivity contribution >= 4 is 38.1 Å². The molecular formula is C50H34N4. The smallest absolute Gasteiger partial charge is 0.161 e. The summed E-state index contributed by atoms with van der Waals surface area (Å²) in [7, 11) is 0. The van der Waals surface area contributed by atoms with Gasteiger partial charge in [0.15, 0.2) is 5.82 Å². The Morgan fingerprint density at radius 1 is 0.426 bits per heavy atom. The van der Waals surface area contributed by atoms with Gasteiger partial charge in [-0.05, 0) is 69.1 Å². The van der Waals surface area contributed by atoms with Crippen molar-refractivity contribution in [1.29, 1.82) is 0 Å². The number of aromatic nitrogens is 4. The summed E-state index contributed by atoms with van der Waals surface area (Å²) in [6, 6.07) is 60.5. The van der Waals surface area contributed by atoms with Crippen LogP contribution in [-0.2, 0) is 5.41 Å². The fourth-order valence-electron chi connectivity index (χ4n) is 8.62. The fourth-order valence-corrected chi connectivity index (χ4v) is 8.62. The number of nitrogens with zero attached hydrogens (tertiary/aromatic N) is 4. The predicted octanol–water partition coefficient (Wildman–Crippen LogP) is 12.6. The first kappa shape index (κ1) is 30.7. The van der Waals surface area contributed by atoms with Gasteiger partial charge in [0.25, 0.3) is 0 Å². The molecule has 4 nitrogen and oxygen atoms in total. The lowest BCUT2D eigenvalue weighted by Crippen LogP contribution is -2.14. The molecule has 0 fully saturated rings. The van der Waals surface area contributed by atoms with E-state index in [-0.39, 0.29) is 5.41 Å². The van der Waals surface area contributed by atoms with Crippen molar-refractivity contribution in [1.82, 2.24) is 19.6 Å². The summed E-state index contributed by atoms with van der Waals surface area (Å²) in [6.45, 7) is 4.68. The Morgan fingerprint density at radius 2 is 1.04 bits per heavy atom. The fraction of sp³-hybridized carbons (Fsp3) is 0.0600. The first-order chi connectivity index (χ1) is 26.5. The van der Waals surface area contributed by atoms with E-state index >= 15 is 0 Å². The molecule has 0 atom stereocenters. The molecule has 0 aliphatic heterocycles. The van der Waals surface area contributed by atoms with Crippen molar-refractivity contribution in [2.75, 3.05) is 0 Å². The quantitative estimate of drug-likeness (QED) is 0.173. The molecule has 54 heavy (non-hydrogen) atoms. The molecule has 0 radical (unpaired) electrons. The third-order valence-electron chi connectivity index (χ3n) is 11.4. The zero-order chi connectivity index (χ0) is 36.0. The molecule has 3 aromatic heterocycles. The minimum Gasteiger partial charge on any atom is -0.247 e. The number of hydrogen-bond acceptors (Lipinski definition) is 3. The Morgan fingerprint density at radius 3 is 1.80 bits per heavy atom. The van der Waals surface area contributed by atoms with Crippen molar-refractivity contribution in [3.8, 4) is 56.2 Å². The molecule has 0 amide bonds. The summed E-state index contributed by atoms with van der Waals surface area (Å²) < 4.78 is 1.99. The number of benzene rings is 7. The molecular weight excluding hydrogens is 657 g/mol. The van der Waals surface area contributed by atoms with Gasteiger partial charge in [0, 0.05) is 38.3 Å². The largest absolute Gasteiger partial charge is 0.247 e. The SMILES string of the molecule is CC1(C)c2ccccc2-c2cc3c(cc21)c(-c1ccc(-c2ccc(-c4nc5ccccc5c5cc(-c6ccccc6)nn45)cc2)cc1)nc1ccccc13. The van der Waals surface area contributed by atoms with Crippen LogP contribution in [0.25, 0.3) is 94.3 Å². The highest BCUT2D eigenvalue weighted by atomic mass is 15.3. The van der Waals surface area contributed by atoms with E-state index in [4.69, 9.17) is 15.1 Å². The van der Waals surface area contributed by atoms with E-state index in [2.05, 4.69) is 159 Å². The number of pyridine rings is 1. The lowest BCUT2D eigenvalue weighted by atomic mass is 9.81. The second-order valence-corrected chi connectivity index (χ2v) is 14.9. The van der Waals surface area contributed by atoms with Gasteiger partial charge in [0.2, 0.25) is 0 Å². The summed E-state index contributed by atoms with van der Waals surface area (Å²) >= 11 is 0. The molecule has 254 valence electrons. The van der Waals surface area contributed by atoms with Crippen LogP contribution in [0.2, 0.25) is 0 Å². The highest BCUT2D eigenvalue weighted by Crippen LogP contribution is 2.51. The summed E-state index contributed by atoms with van der Waals surface area (Å²) in [4.78, 5) is 10.4. The van der Waals surface area contributed by atoms with Gasteiger partial charge in [-0.1, -0.05) is 153 Å². The third-order valence-corrected chi connectivity index (χ3v) is 11.4. The molecule has 0 unspecified atom stereocenters. The van der Waals surface area contributed by atoms with E-state index in [1.54, 1.807) is 0 Å². The van der Waals surface area contributed by atoms with Gasteiger partial charge < -0.3 is 0 Å². The molecule has 0 N–H and O–H groups in total. The van der Waals surface area contributed by atoms with Crippen LogP contribution in [-0.4, -0.2) is 19.6 Å². The monoisotopic (exact) mass is 690 g/mol. The molecule has 0 bridgehead atoms. The molecule has 0 saturated heterocycles. The van der Waals surface area contributed by atoms with Crippen LogP contribution in [0.3, 0.4) is 0 Å². The average Bonchev–Trinajstić information content (AvgIpc) is 3.78. The highest BCUT2D eigenvalue weighted by Gasteiger charge is 2.35. The van der Waals surface area contributed by atoms with Gasteiger partial charge in [-0.2, -0.15) is 5.10 Å². The Balaban J connectivity index is 0.987. The van der Waals surface area contributed by atoms with Crippen molar-refractivity contribution in [3.05, 3.63) is 181 Å². The minimum absolute atomic E-state index is 0.0885. The zero-order valence-electron chi connectivity index (χ0n) is 30.0. The molecule has 4 heteroatoms. The maximum absolute atomic E-state index is 5.30. The van der Waals surface area contributed by atoms with E-state index in [0.717, 1.165) is 67.0 Å². The predicted molar refractivity (Wildman–Crippen MR) is 223 cm³/mol. The number of para-hydroxylation sites is 2. The molecule has 7 aromatic carbocycles. The van der Waals surface area contributed by atoms with Crippen molar-refractivity contribution in [2.45, 2.75) is 19.3 Å². The summed E-state index contributed by atoms with van der Waals surface area (Å²) in [5.74, 6) is 0.819. The average molecular weight is 691 g/mol. The van der Waals surface area contributed by atoms with Crippen molar-refractivity contribution in [3.63, 3.8) is 0 Å². The van der Waals surface area contributed by atoms with E-state index in [9.17, 15) is 0 Å². The minimum atomic E-state index is -0.0885. The molecule has 0 spiro atoms. The summed E-state index contributed by atoms with van der Waals surface area (Å²) in [5.41, 5.74) is 15.7. The Bertz CT molecular complexity index is 3100. The molecule has 0 saturated carbocycles. The summed E-state index contributed by atoms with van der Waals surface area (Å²) in [5, 5.41) is 9.75. The highest BCUT2D eigenvalue weighted by molar-refractivity contribution is 6.13. The van der Waals surface area contributed by atoms with Crippen molar-refractivity contribution < 1.29 is 0 Å². The Kier molecular flexibility index (Phi) is 6.56. The van der Waals surface area contributed by atoms with Crippen molar-refractivity contribution in [2.24, 2.45) is 0 Å². The number of fused-ring (bicyclic) bond motifs is 9. The second-order valence-electron chi connectivity index (χ2n) is 14.9. The second kappa shape index (κ2) is 11.5. The van der Waals surface area contributed by atoms with Crippen LogP contribution >= 0.6 is 0 Å². The van der Waals surface area contributed by atoms with Gasteiger partial charge in [-0.15, -0.1) is 0 Å². The maximum atomic E-state index is 5.30. The molecule has 10 aromatic rings. The van der Waals surface area contributed by atoms with E-state index in [1.165, 1.54) is 38.4 Å². The normalized spacial score (nSPS) is 13.1. The van der Waals surface area contributed by atoms with Crippen LogP contribution in [0.4, 0.5) is 0 Å². The number of hydrogen-bond donors (Lipinski definition) is 0. The maximum Gasteiger partial charge on any atom is 0.161 e. The van der Waals surface area contributed by atoms with E-state index < -0.39 is 0 Å². The van der Waals surface area contributed by atoms with Gasteiger partial charge in [-0.25, -0.2) is 14.5 Å². The Hall–Kier alpha value is -6.91. The van der Waals surface area contributed by atoms with Gasteiger partial charge in [0.05, 0.1) is 27.9 Å². The van der Waals surface area contributed by atoms with Crippen LogP contribution in [0.5, 0.6) is 0 Å². The lowest BCUT2D eigenvalue weighted by Gasteiger charge is -2.22. The molecule has 1 aliphatic rings. The first-order valence-electron chi connectivity index (χ1n) is 18.5. The molecule has 11 rings (SSSR count). The van der Waals surface area contributed by atoms with Gasteiger partial charge in [0.1, 0.15) is 0 Å². The topological polar surface area (TPSA) is 43.1 Å². The van der Waals surface area contributed by atoms with Crippen LogP contribution in [0, 0.1) is 0 Å². The molecule has 3 heterocycles. The molecule has 1 aliphatic carbocycles. The van der Waals surface area contributed by atoms with Crippen LogP contribution in [0.1, 0.15) is 25.0 Å². The van der Waals surface area contributed by atoms with E-state index in [0.29, 0.717) is 0 Å². The standard InChI is InChI=1S/C50H34N4/c1-50(2)42-17-9-6-14-36(42)40-28-39-37-15-7-10-18-44(37)51-48(41(39)29-43(40)50)34-24-20-31(21-25-34)32-22-26-35(27-23-32)49-52-45-19-11-8-16-38(45)47-30-46(53-54(47)49)33-12-4-3-5-13-33/h3-30H,1-2H3. The van der Waals surface area contributed by atoms with Crippen LogP contribution < -0.4 is 0 Å².